The smallest absolute Gasteiger partial charge is 0.0471 e. The monoisotopic (exact) mass is 219 g/mol. The average Bonchev–Trinajstić information content (AvgIpc) is 2.73. The third-order valence-corrected chi connectivity index (χ3v) is 3.64. The van der Waals surface area contributed by atoms with Crippen LogP contribution < -0.4 is 0 Å². The van der Waals surface area contributed by atoms with Crippen molar-refractivity contribution in [2.45, 2.75) is 12.8 Å². The Morgan fingerprint density at radius 2 is 1.88 bits per heavy atom. The van der Waals surface area contributed by atoms with Gasteiger partial charge < -0.3 is 4.98 Å². The number of para-hydroxylation sites is 1. The van der Waals surface area contributed by atoms with Gasteiger partial charge in [-0.3, -0.25) is 0 Å². The zero-order chi connectivity index (χ0) is 11.2. The van der Waals surface area contributed by atoms with Gasteiger partial charge in [0.25, 0.3) is 0 Å². The molecule has 1 heteroatoms. The molecule has 0 spiro atoms. The van der Waals surface area contributed by atoms with Crippen molar-refractivity contribution in [3.05, 3.63) is 53.6 Å². The molecule has 3 aromatic rings. The molecule has 1 aliphatic rings. The van der Waals surface area contributed by atoms with Crippen molar-refractivity contribution in [2.24, 2.45) is 0 Å². The Kier molecular flexibility index (Phi) is 1.72. The Morgan fingerprint density at radius 1 is 0.941 bits per heavy atom. The molecule has 0 saturated carbocycles. The second-order valence-electron chi connectivity index (χ2n) is 4.71. The van der Waals surface area contributed by atoms with Crippen LogP contribution in [0.25, 0.3) is 27.9 Å². The van der Waals surface area contributed by atoms with Crippen LogP contribution in [0.15, 0.2) is 42.5 Å². The van der Waals surface area contributed by atoms with Crippen LogP contribution in [0.3, 0.4) is 0 Å². The standard InChI is InChI=1S/C16H13N/c1-2-6-12-10-16-14(9-11(12)5-1)13-7-3-4-8-15(13)17-16/h2-4,6-10,17H,1,5H2. The average molecular weight is 219 g/mol. The summed E-state index contributed by atoms with van der Waals surface area (Å²) in [6.45, 7) is 0. The fraction of sp³-hybridized carbons (Fsp3) is 0.125. The molecule has 0 bridgehead atoms. The van der Waals surface area contributed by atoms with E-state index >= 15 is 0 Å². The van der Waals surface area contributed by atoms with Crippen LogP contribution in [0.4, 0.5) is 0 Å². The summed E-state index contributed by atoms with van der Waals surface area (Å²) in [6, 6.07) is 13.2. The van der Waals surface area contributed by atoms with Crippen LogP contribution in [0.2, 0.25) is 0 Å². The Bertz CT molecular complexity index is 747. The molecule has 4 rings (SSSR count). The molecule has 17 heavy (non-hydrogen) atoms. The summed E-state index contributed by atoms with van der Waals surface area (Å²) in [5.41, 5.74) is 5.32. The Morgan fingerprint density at radius 3 is 2.88 bits per heavy atom. The van der Waals surface area contributed by atoms with Gasteiger partial charge in [0.2, 0.25) is 0 Å². The van der Waals surface area contributed by atoms with E-state index in [1.165, 1.54) is 45.8 Å². The van der Waals surface area contributed by atoms with Crippen LogP contribution in [-0.4, -0.2) is 4.98 Å². The number of aromatic amines is 1. The second kappa shape index (κ2) is 3.24. The van der Waals surface area contributed by atoms with Gasteiger partial charge in [-0.15, -0.1) is 0 Å². The first-order chi connectivity index (χ1) is 8.42. The van der Waals surface area contributed by atoms with E-state index in [1.807, 2.05) is 0 Å². The van der Waals surface area contributed by atoms with E-state index in [4.69, 9.17) is 0 Å². The number of allylic oxidation sites excluding steroid dienone is 1. The van der Waals surface area contributed by atoms with Crippen molar-refractivity contribution < 1.29 is 0 Å². The first-order valence-electron chi connectivity index (χ1n) is 6.12. The lowest BCUT2D eigenvalue weighted by molar-refractivity contribution is 0.989. The number of fused-ring (bicyclic) bond motifs is 4. The minimum Gasteiger partial charge on any atom is -0.354 e. The van der Waals surface area contributed by atoms with Crippen molar-refractivity contribution in [2.75, 3.05) is 0 Å². The number of aryl methyl sites for hydroxylation is 1. The molecular formula is C16H13N. The van der Waals surface area contributed by atoms with E-state index in [-0.39, 0.29) is 0 Å². The molecule has 0 saturated heterocycles. The highest BCUT2D eigenvalue weighted by Crippen LogP contribution is 2.30. The van der Waals surface area contributed by atoms with Gasteiger partial charge in [0, 0.05) is 21.8 Å². The molecule has 0 radical (unpaired) electrons. The maximum absolute atomic E-state index is 3.49. The van der Waals surface area contributed by atoms with Gasteiger partial charge in [-0.1, -0.05) is 30.4 Å². The number of hydrogen-bond acceptors (Lipinski definition) is 0. The normalized spacial score (nSPS) is 14.4. The minimum absolute atomic E-state index is 1.17. The Balaban J connectivity index is 2.16. The van der Waals surface area contributed by atoms with Gasteiger partial charge >= 0.3 is 0 Å². The topological polar surface area (TPSA) is 15.8 Å². The fourth-order valence-corrected chi connectivity index (χ4v) is 2.78. The number of aromatic nitrogens is 1. The Hall–Kier alpha value is -2.02. The molecule has 0 atom stereocenters. The predicted molar refractivity (Wildman–Crippen MR) is 73.2 cm³/mol. The number of hydrogen-bond donors (Lipinski definition) is 1. The quantitative estimate of drug-likeness (QED) is 0.581. The summed E-state index contributed by atoms with van der Waals surface area (Å²) in [4.78, 5) is 3.49. The summed E-state index contributed by atoms with van der Waals surface area (Å²) in [6.07, 6.45) is 6.84. The number of rotatable bonds is 0. The molecule has 2 aromatic carbocycles. The molecule has 1 aromatic heterocycles. The van der Waals surface area contributed by atoms with Crippen molar-refractivity contribution >= 4 is 27.9 Å². The summed E-state index contributed by atoms with van der Waals surface area (Å²) >= 11 is 0. The maximum Gasteiger partial charge on any atom is 0.0471 e. The second-order valence-corrected chi connectivity index (χ2v) is 4.71. The van der Waals surface area contributed by atoms with Crippen LogP contribution in [0.1, 0.15) is 17.5 Å². The van der Waals surface area contributed by atoms with E-state index in [0.717, 1.165) is 0 Å². The molecule has 1 aliphatic carbocycles. The summed E-state index contributed by atoms with van der Waals surface area (Å²) in [7, 11) is 0. The summed E-state index contributed by atoms with van der Waals surface area (Å²) in [5, 5.41) is 2.69. The maximum atomic E-state index is 3.49. The lowest BCUT2D eigenvalue weighted by atomic mass is 9.95. The van der Waals surface area contributed by atoms with E-state index in [2.05, 4.69) is 53.5 Å². The molecule has 82 valence electrons. The van der Waals surface area contributed by atoms with E-state index in [1.54, 1.807) is 0 Å². The van der Waals surface area contributed by atoms with Crippen molar-refractivity contribution in [1.29, 1.82) is 0 Å². The van der Waals surface area contributed by atoms with Crippen LogP contribution >= 0.6 is 0 Å². The Labute approximate surface area is 99.8 Å². The zero-order valence-corrected chi connectivity index (χ0v) is 9.53. The van der Waals surface area contributed by atoms with Crippen molar-refractivity contribution in [3.8, 4) is 0 Å². The van der Waals surface area contributed by atoms with Gasteiger partial charge in [-0.05, 0) is 42.2 Å². The summed E-state index contributed by atoms with van der Waals surface area (Å²) in [5.74, 6) is 0. The van der Waals surface area contributed by atoms with Crippen molar-refractivity contribution in [3.63, 3.8) is 0 Å². The van der Waals surface area contributed by atoms with E-state index in [9.17, 15) is 0 Å². The summed E-state index contributed by atoms with van der Waals surface area (Å²) < 4.78 is 0. The SMILES string of the molecule is C1=Cc2cc3[nH]c4ccccc4c3cc2CC1. The molecule has 1 nitrogen and oxygen atoms in total. The fourth-order valence-electron chi connectivity index (χ4n) is 2.78. The third kappa shape index (κ3) is 1.26. The highest BCUT2D eigenvalue weighted by molar-refractivity contribution is 6.08. The molecule has 0 aliphatic heterocycles. The molecule has 1 N–H and O–H groups in total. The number of H-pyrrole nitrogens is 1. The van der Waals surface area contributed by atoms with E-state index in [0.29, 0.717) is 0 Å². The van der Waals surface area contributed by atoms with Gasteiger partial charge in [-0.25, -0.2) is 0 Å². The highest BCUT2D eigenvalue weighted by Gasteiger charge is 2.09. The zero-order valence-electron chi connectivity index (χ0n) is 9.53. The first kappa shape index (κ1) is 9.06. The largest absolute Gasteiger partial charge is 0.354 e. The van der Waals surface area contributed by atoms with Crippen molar-refractivity contribution in [1.82, 2.24) is 4.98 Å². The molecular weight excluding hydrogens is 206 g/mol. The van der Waals surface area contributed by atoms with Crippen LogP contribution in [0, 0.1) is 0 Å². The third-order valence-electron chi connectivity index (χ3n) is 3.64. The van der Waals surface area contributed by atoms with Crippen LogP contribution in [-0.2, 0) is 6.42 Å². The molecule has 0 amide bonds. The van der Waals surface area contributed by atoms with E-state index < -0.39 is 0 Å². The minimum atomic E-state index is 1.17. The van der Waals surface area contributed by atoms with Gasteiger partial charge in [0.15, 0.2) is 0 Å². The van der Waals surface area contributed by atoms with Gasteiger partial charge in [0.1, 0.15) is 0 Å². The molecule has 1 heterocycles. The van der Waals surface area contributed by atoms with Gasteiger partial charge in [0.05, 0.1) is 0 Å². The lowest BCUT2D eigenvalue weighted by Crippen LogP contribution is -1.93. The number of benzene rings is 2. The van der Waals surface area contributed by atoms with Gasteiger partial charge in [-0.2, -0.15) is 0 Å². The highest BCUT2D eigenvalue weighted by atomic mass is 14.7. The first-order valence-corrected chi connectivity index (χ1v) is 6.12. The number of nitrogens with one attached hydrogen (secondary N) is 1. The predicted octanol–water partition coefficient (Wildman–Crippen LogP) is 4.28. The molecule has 0 fully saturated rings. The van der Waals surface area contributed by atoms with Crippen LogP contribution in [0.5, 0.6) is 0 Å². The molecule has 0 unspecified atom stereocenters. The lowest BCUT2D eigenvalue weighted by Gasteiger charge is -2.10.